The third-order valence-electron chi connectivity index (χ3n) is 5.03. The van der Waals surface area contributed by atoms with Crippen molar-refractivity contribution in [1.82, 2.24) is 10.2 Å². The molecule has 1 aromatic carbocycles. The molecule has 4 heteroatoms. The second-order valence-electron chi connectivity index (χ2n) is 6.37. The first-order valence-electron chi connectivity index (χ1n) is 8.19. The van der Waals surface area contributed by atoms with E-state index in [0.29, 0.717) is 6.04 Å². The fourth-order valence-electron chi connectivity index (χ4n) is 3.65. The highest BCUT2D eigenvalue weighted by molar-refractivity contribution is 7.80. The smallest absolute Gasteiger partial charge is 0.178 e. The van der Waals surface area contributed by atoms with Crippen molar-refractivity contribution in [1.29, 1.82) is 0 Å². The standard InChI is InChI=1S/C17H25N3S/c1-14(15-8-4-2-5-9-15)20-13-19(12-18-17(20)21)16-10-6-3-7-11-16/h2,4-5,8-9,14,16H,3,6-7,10-13H2,1H3,(H,18,21)/p+1/t14-/m0/s1. The molecule has 21 heavy (non-hydrogen) atoms. The topological polar surface area (TPSA) is 19.7 Å². The van der Waals surface area contributed by atoms with Gasteiger partial charge in [-0.25, -0.2) is 0 Å². The van der Waals surface area contributed by atoms with E-state index in [0.717, 1.165) is 24.5 Å². The van der Waals surface area contributed by atoms with Crippen LogP contribution in [0, 0.1) is 0 Å². The monoisotopic (exact) mass is 304 g/mol. The Labute approximate surface area is 133 Å². The molecule has 0 bridgehead atoms. The van der Waals surface area contributed by atoms with Crippen molar-refractivity contribution in [2.24, 2.45) is 0 Å². The molecule has 2 aliphatic rings. The van der Waals surface area contributed by atoms with Gasteiger partial charge in [0.1, 0.15) is 0 Å². The van der Waals surface area contributed by atoms with Gasteiger partial charge in [0.2, 0.25) is 0 Å². The number of benzene rings is 1. The molecule has 0 radical (unpaired) electrons. The molecular formula is C17H26N3S+. The second kappa shape index (κ2) is 6.75. The van der Waals surface area contributed by atoms with E-state index in [1.165, 1.54) is 37.7 Å². The van der Waals surface area contributed by atoms with Crippen molar-refractivity contribution in [3.63, 3.8) is 0 Å². The van der Waals surface area contributed by atoms with Crippen molar-refractivity contribution in [2.75, 3.05) is 13.3 Å². The second-order valence-corrected chi connectivity index (χ2v) is 6.75. The minimum Gasteiger partial charge on any atom is -0.316 e. The third-order valence-corrected chi connectivity index (χ3v) is 5.41. The van der Waals surface area contributed by atoms with E-state index < -0.39 is 0 Å². The maximum atomic E-state index is 5.56. The maximum Gasteiger partial charge on any atom is 0.178 e. The number of quaternary nitrogens is 1. The van der Waals surface area contributed by atoms with Crippen molar-refractivity contribution < 1.29 is 4.90 Å². The first-order valence-corrected chi connectivity index (χ1v) is 8.60. The van der Waals surface area contributed by atoms with Crippen LogP contribution < -0.4 is 10.2 Å². The van der Waals surface area contributed by atoms with Gasteiger partial charge in [0, 0.05) is 0 Å². The SMILES string of the molecule is C[C@@H](c1ccccc1)N1C[NH+](C2CCCCC2)CNC1=S. The van der Waals surface area contributed by atoms with Gasteiger partial charge in [0.25, 0.3) is 0 Å². The summed E-state index contributed by atoms with van der Waals surface area (Å²) in [5, 5.41) is 4.36. The molecule has 3 nitrogen and oxygen atoms in total. The van der Waals surface area contributed by atoms with Crippen molar-refractivity contribution in [2.45, 2.75) is 51.1 Å². The number of nitrogens with zero attached hydrogens (tertiary/aromatic N) is 1. The van der Waals surface area contributed by atoms with Gasteiger partial charge < -0.3 is 5.32 Å². The number of thiocarbonyl (C=S) groups is 1. The van der Waals surface area contributed by atoms with Crippen LogP contribution in [0.1, 0.15) is 50.6 Å². The van der Waals surface area contributed by atoms with E-state index in [9.17, 15) is 0 Å². The van der Waals surface area contributed by atoms with Crippen LogP contribution in [-0.4, -0.2) is 29.4 Å². The van der Waals surface area contributed by atoms with Crippen LogP contribution in [0.2, 0.25) is 0 Å². The summed E-state index contributed by atoms with van der Waals surface area (Å²) < 4.78 is 0. The Morgan fingerprint density at radius 1 is 1.19 bits per heavy atom. The first-order chi connectivity index (χ1) is 10.3. The lowest BCUT2D eigenvalue weighted by Crippen LogP contribution is -3.20. The Bertz CT molecular complexity index is 470. The molecule has 0 spiro atoms. The summed E-state index contributed by atoms with van der Waals surface area (Å²) in [6, 6.07) is 11.8. The molecule has 1 aromatic rings. The van der Waals surface area contributed by atoms with Crippen LogP contribution in [0.4, 0.5) is 0 Å². The van der Waals surface area contributed by atoms with E-state index in [-0.39, 0.29) is 0 Å². The van der Waals surface area contributed by atoms with Crippen LogP contribution >= 0.6 is 12.2 Å². The third kappa shape index (κ3) is 3.38. The fourth-order valence-corrected chi connectivity index (χ4v) is 3.94. The molecular weight excluding hydrogens is 278 g/mol. The molecule has 2 N–H and O–H groups in total. The zero-order valence-corrected chi connectivity index (χ0v) is 13.7. The number of nitrogens with one attached hydrogen (secondary N) is 2. The summed E-state index contributed by atoms with van der Waals surface area (Å²) in [5.74, 6) is 0. The van der Waals surface area contributed by atoms with E-state index in [2.05, 4.69) is 47.5 Å². The largest absolute Gasteiger partial charge is 0.316 e. The van der Waals surface area contributed by atoms with Gasteiger partial charge in [-0.1, -0.05) is 36.8 Å². The van der Waals surface area contributed by atoms with Gasteiger partial charge in [-0.3, -0.25) is 9.80 Å². The highest BCUT2D eigenvalue weighted by Gasteiger charge is 2.33. The Hall–Kier alpha value is -1.13. The van der Waals surface area contributed by atoms with Crippen LogP contribution in [0.3, 0.4) is 0 Å². The summed E-state index contributed by atoms with van der Waals surface area (Å²) in [6.07, 6.45) is 6.95. The van der Waals surface area contributed by atoms with Crippen LogP contribution in [0.5, 0.6) is 0 Å². The number of hydrogen-bond acceptors (Lipinski definition) is 1. The minimum absolute atomic E-state index is 0.338. The normalized spacial score (nSPS) is 25.5. The van der Waals surface area contributed by atoms with Gasteiger partial charge in [-0.2, -0.15) is 0 Å². The Morgan fingerprint density at radius 3 is 2.62 bits per heavy atom. The lowest BCUT2D eigenvalue weighted by atomic mass is 9.94. The van der Waals surface area contributed by atoms with E-state index in [4.69, 9.17) is 12.2 Å². The van der Waals surface area contributed by atoms with Crippen LogP contribution in [-0.2, 0) is 0 Å². The zero-order valence-electron chi connectivity index (χ0n) is 12.8. The van der Waals surface area contributed by atoms with Gasteiger partial charge in [-0.15, -0.1) is 0 Å². The van der Waals surface area contributed by atoms with Gasteiger partial charge in [-0.05, 0) is 50.4 Å². The summed E-state index contributed by atoms with van der Waals surface area (Å²) in [5.41, 5.74) is 1.34. The summed E-state index contributed by atoms with van der Waals surface area (Å²) in [7, 11) is 0. The minimum atomic E-state index is 0.338. The first kappa shape index (κ1) is 14.8. The number of hydrogen-bond donors (Lipinski definition) is 2. The van der Waals surface area contributed by atoms with Crippen LogP contribution in [0.15, 0.2) is 30.3 Å². The van der Waals surface area contributed by atoms with E-state index in [1.54, 1.807) is 4.90 Å². The summed E-state index contributed by atoms with van der Waals surface area (Å²) in [4.78, 5) is 4.02. The zero-order chi connectivity index (χ0) is 14.7. The molecule has 1 saturated carbocycles. The lowest BCUT2D eigenvalue weighted by molar-refractivity contribution is -0.940. The molecule has 0 amide bonds. The molecule has 1 unspecified atom stereocenters. The molecule has 2 fully saturated rings. The quantitative estimate of drug-likeness (QED) is 0.834. The maximum absolute atomic E-state index is 5.56. The lowest BCUT2D eigenvalue weighted by Gasteiger charge is -2.42. The number of rotatable bonds is 3. The fraction of sp³-hybridized carbons (Fsp3) is 0.588. The predicted molar refractivity (Wildman–Crippen MR) is 90.0 cm³/mol. The highest BCUT2D eigenvalue weighted by Crippen LogP contribution is 2.20. The average Bonchev–Trinajstić information content (AvgIpc) is 2.56. The Morgan fingerprint density at radius 2 is 1.90 bits per heavy atom. The molecule has 1 saturated heterocycles. The molecule has 1 heterocycles. The van der Waals surface area contributed by atoms with E-state index >= 15 is 0 Å². The molecule has 114 valence electrons. The predicted octanol–water partition coefficient (Wildman–Crippen LogP) is 2.07. The molecule has 2 atom stereocenters. The van der Waals surface area contributed by atoms with E-state index in [1.807, 2.05) is 0 Å². The molecule has 1 aliphatic carbocycles. The van der Waals surface area contributed by atoms with Crippen molar-refractivity contribution in [3.05, 3.63) is 35.9 Å². The molecule has 3 rings (SSSR count). The highest BCUT2D eigenvalue weighted by atomic mass is 32.1. The van der Waals surface area contributed by atoms with Gasteiger partial charge in [0.15, 0.2) is 18.4 Å². The van der Waals surface area contributed by atoms with Crippen LogP contribution in [0.25, 0.3) is 0 Å². The van der Waals surface area contributed by atoms with Crippen molar-refractivity contribution >= 4 is 17.3 Å². The van der Waals surface area contributed by atoms with Gasteiger partial charge in [0.05, 0.1) is 12.1 Å². The van der Waals surface area contributed by atoms with Crippen molar-refractivity contribution in [3.8, 4) is 0 Å². The molecule has 0 aromatic heterocycles. The summed E-state index contributed by atoms with van der Waals surface area (Å²) >= 11 is 5.56. The van der Waals surface area contributed by atoms with Gasteiger partial charge >= 0.3 is 0 Å². The average molecular weight is 304 g/mol. The Kier molecular flexibility index (Phi) is 4.76. The molecule has 1 aliphatic heterocycles. The summed E-state index contributed by atoms with van der Waals surface area (Å²) in [6.45, 7) is 4.28. The Balaban J connectivity index is 1.69.